The third-order valence-corrected chi connectivity index (χ3v) is 3.08. The van der Waals surface area contributed by atoms with E-state index in [9.17, 15) is 4.79 Å². The van der Waals surface area contributed by atoms with E-state index in [2.05, 4.69) is 5.10 Å². The van der Waals surface area contributed by atoms with Crippen molar-refractivity contribution in [3.05, 3.63) is 42.1 Å². The van der Waals surface area contributed by atoms with Crippen LogP contribution in [-0.2, 0) is 0 Å². The summed E-state index contributed by atoms with van der Waals surface area (Å²) >= 11 is 0. The predicted molar refractivity (Wildman–Crippen MR) is 73.2 cm³/mol. The van der Waals surface area contributed by atoms with Crippen molar-refractivity contribution in [2.45, 2.75) is 19.9 Å². The summed E-state index contributed by atoms with van der Waals surface area (Å²) in [6.07, 6.45) is 2.56. The first-order chi connectivity index (χ1) is 9.19. The lowest BCUT2D eigenvalue weighted by Crippen LogP contribution is -2.00. The number of para-hydroxylation sites is 1. The van der Waals surface area contributed by atoms with Crippen LogP contribution >= 0.6 is 0 Å². The number of carbonyl (C=O) groups excluding carboxylic acids is 1. The number of aromatic nitrogens is 2. The fourth-order valence-electron chi connectivity index (χ4n) is 2.05. The average Bonchev–Trinajstić information content (AvgIpc) is 3.01. The van der Waals surface area contributed by atoms with E-state index < -0.39 is 0 Å². The molecule has 0 saturated carbocycles. The van der Waals surface area contributed by atoms with Gasteiger partial charge in [0.2, 0.25) is 0 Å². The largest absolute Gasteiger partial charge is 0.454 e. The summed E-state index contributed by atoms with van der Waals surface area (Å²) in [7, 11) is 0. The Kier molecular flexibility index (Phi) is 2.71. The lowest BCUT2D eigenvalue weighted by Gasteiger charge is -2.02. The maximum atomic E-state index is 11.2. The third kappa shape index (κ3) is 1.95. The van der Waals surface area contributed by atoms with Gasteiger partial charge in [-0.3, -0.25) is 9.48 Å². The molecule has 0 N–H and O–H groups in total. The molecule has 19 heavy (non-hydrogen) atoms. The zero-order chi connectivity index (χ0) is 13.4. The van der Waals surface area contributed by atoms with Gasteiger partial charge in [0.15, 0.2) is 12.0 Å². The molecule has 0 saturated heterocycles. The van der Waals surface area contributed by atoms with Crippen LogP contribution in [0.15, 0.2) is 40.9 Å². The summed E-state index contributed by atoms with van der Waals surface area (Å²) in [6.45, 7) is 4.04. The van der Waals surface area contributed by atoms with Crippen LogP contribution < -0.4 is 0 Å². The number of rotatable bonds is 3. The molecule has 4 nitrogen and oxygen atoms in total. The van der Waals surface area contributed by atoms with Gasteiger partial charge in [0.25, 0.3) is 0 Å². The van der Waals surface area contributed by atoms with Gasteiger partial charge in [-0.15, -0.1) is 0 Å². The first-order valence-electron chi connectivity index (χ1n) is 6.22. The molecule has 4 heteroatoms. The minimum atomic E-state index is 0.205. The molecule has 1 aromatic carbocycles. The number of fused-ring (bicyclic) bond motifs is 1. The molecular formula is C15H14N2O2. The van der Waals surface area contributed by atoms with E-state index in [0.717, 1.165) is 17.3 Å². The van der Waals surface area contributed by atoms with Crippen molar-refractivity contribution in [1.29, 1.82) is 0 Å². The van der Waals surface area contributed by atoms with E-state index in [-0.39, 0.29) is 6.04 Å². The summed E-state index contributed by atoms with van der Waals surface area (Å²) in [5.41, 5.74) is 1.95. The molecule has 96 valence electrons. The number of furan rings is 1. The zero-order valence-corrected chi connectivity index (χ0v) is 10.8. The van der Waals surface area contributed by atoms with E-state index >= 15 is 0 Å². The molecule has 0 fully saturated rings. The highest BCUT2D eigenvalue weighted by atomic mass is 16.3. The quantitative estimate of drug-likeness (QED) is 0.670. The van der Waals surface area contributed by atoms with E-state index in [1.165, 1.54) is 0 Å². The van der Waals surface area contributed by atoms with Crippen LogP contribution in [-0.4, -0.2) is 16.1 Å². The number of nitrogens with zero attached hydrogens (tertiary/aromatic N) is 2. The Morgan fingerprint density at radius 1 is 1.32 bits per heavy atom. The Morgan fingerprint density at radius 2 is 2.11 bits per heavy atom. The standard InChI is InChI=1S/C15H14N2O2/c1-10(2)17-8-12(9-18)15(16-17)14-7-11-5-3-4-6-13(11)19-14/h3-10H,1-2H3. The van der Waals surface area contributed by atoms with Gasteiger partial charge in [-0.05, 0) is 26.0 Å². The molecule has 0 bridgehead atoms. The Hall–Kier alpha value is -2.36. The fraction of sp³-hybridized carbons (Fsp3) is 0.200. The molecule has 0 unspecified atom stereocenters. The number of benzene rings is 1. The van der Waals surface area contributed by atoms with Crippen molar-refractivity contribution in [2.24, 2.45) is 0 Å². The van der Waals surface area contributed by atoms with Crippen LogP contribution in [0.1, 0.15) is 30.2 Å². The van der Waals surface area contributed by atoms with Crippen LogP contribution in [0.25, 0.3) is 22.4 Å². The second kappa shape index (κ2) is 4.39. The number of aldehydes is 1. The van der Waals surface area contributed by atoms with Crippen LogP contribution in [0, 0.1) is 0 Å². The second-order valence-electron chi connectivity index (χ2n) is 4.77. The number of hydrogen-bond acceptors (Lipinski definition) is 3. The maximum Gasteiger partial charge on any atom is 0.156 e. The molecular weight excluding hydrogens is 240 g/mol. The first kappa shape index (κ1) is 11.7. The highest BCUT2D eigenvalue weighted by Crippen LogP contribution is 2.28. The maximum absolute atomic E-state index is 11.2. The van der Waals surface area contributed by atoms with Gasteiger partial charge in [0, 0.05) is 17.6 Å². The molecule has 3 rings (SSSR count). The summed E-state index contributed by atoms with van der Waals surface area (Å²) in [6, 6.07) is 9.87. The lowest BCUT2D eigenvalue weighted by molar-refractivity contribution is 0.112. The van der Waals surface area contributed by atoms with Crippen molar-refractivity contribution < 1.29 is 9.21 Å². The fourth-order valence-corrected chi connectivity index (χ4v) is 2.05. The monoisotopic (exact) mass is 254 g/mol. The summed E-state index contributed by atoms with van der Waals surface area (Å²) < 4.78 is 7.53. The Morgan fingerprint density at radius 3 is 2.79 bits per heavy atom. The van der Waals surface area contributed by atoms with Gasteiger partial charge in [-0.1, -0.05) is 18.2 Å². The van der Waals surface area contributed by atoms with Crippen molar-refractivity contribution >= 4 is 17.3 Å². The van der Waals surface area contributed by atoms with E-state index in [0.29, 0.717) is 17.0 Å². The lowest BCUT2D eigenvalue weighted by atomic mass is 10.2. The molecule has 0 aliphatic heterocycles. The van der Waals surface area contributed by atoms with Gasteiger partial charge >= 0.3 is 0 Å². The highest BCUT2D eigenvalue weighted by molar-refractivity contribution is 5.88. The van der Waals surface area contributed by atoms with Crippen molar-refractivity contribution in [3.8, 4) is 11.5 Å². The predicted octanol–water partition coefficient (Wildman–Crippen LogP) is 3.69. The molecule has 0 spiro atoms. The van der Waals surface area contributed by atoms with Crippen LogP contribution in [0.2, 0.25) is 0 Å². The molecule has 2 heterocycles. The van der Waals surface area contributed by atoms with Crippen molar-refractivity contribution in [3.63, 3.8) is 0 Å². The summed E-state index contributed by atoms with van der Waals surface area (Å²) in [4.78, 5) is 11.2. The first-order valence-corrected chi connectivity index (χ1v) is 6.22. The van der Waals surface area contributed by atoms with E-state index in [4.69, 9.17) is 4.42 Å². The van der Waals surface area contributed by atoms with Crippen LogP contribution in [0.4, 0.5) is 0 Å². The highest BCUT2D eigenvalue weighted by Gasteiger charge is 2.15. The Labute approximate surface area is 110 Å². The Balaban J connectivity index is 2.17. The minimum absolute atomic E-state index is 0.205. The second-order valence-corrected chi connectivity index (χ2v) is 4.77. The average molecular weight is 254 g/mol. The number of hydrogen-bond donors (Lipinski definition) is 0. The van der Waals surface area contributed by atoms with Gasteiger partial charge in [0.05, 0.1) is 5.56 Å². The van der Waals surface area contributed by atoms with Gasteiger partial charge < -0.3 is 4.42 Å². The molecule has 0 aliphatic carbocycles. The van der Waals surface area contributed by atoms with Gasteiger partial charge in [-0.25, -0.2) is 0 Å². The third-order valence-electron chi connectivity index (χ3n) is 3.08. The van der Waals surface area contributed by atoms with Crippen LogP contribution in [0.5, 0.6) is 0 Å². The molecule has 0 aliphatic rings. The number of carbonyl (C=O) groups is 1. The molecule has 0 radical (unpaired) electrons. The Bertz CT molecular complexity index is 705. The summed E-state index contributed by atoms with van der Waals surface area (Å²) in [5.74, 6) is 0.628. The smallest absolute Gasteiger partial charge is 0.156 e. The molecule has 2 aromatic heterocycles. The zero-order valence-electron chi connectivity index (χ0n) is 10.8. The van der Waals surface area contributed by atoms with Crippen molar-refractivity contribution in [2.75, 3.05) is 0 Å². The van der Waals surface area contributed by atoms with Gasteiger partial charge in [-0.2, -0.15) is 5.10 Å². The summed E-state index contributed by atoms with van der Waals surface area (Å²) in [5, 5.41) is 5.45. The van der Waals surface area contributed by atoms with E-state index in [1.54, 1.807) is 10.9 Å². The van der Waals surface area contributed by atoms with E-state index in [1.807, 2.05) is 44.2 Å². The normalized spacial score (nSPS) is 11.3. The van der Waals surface area contributed by atoms with Crippen molar-refractivity contribution in [1.82, 2.24) is 9.78 Å². The molecule has 3 aromatic rings. The topological polar surface area (TPSA) is 48.0 Å². The van der Waals surface area contributed by atoms with Crippen LogP contribution in [0.3, 0.4) is 0 Å². The SMILES string of the molecule is CC(C)n1cc(C=O)c(-c2cc3ccccc3o2)n1. The molecule has 0 amide bonds. The van der Waals surface area contributed by atoms with Gasteiger partial charge in [0.1, 0.15) is 11.3 Å². The minimum Gasteiger partial charge on any atom is -0.454 e. The molecule has 0 atom stereocenters.